The lowest BCUT2D eigenvalue weighted by molar-refractivity contribution is 0.0200. The van der Waals surface area contributed by atoms with E-state index in [2.05, 4.69) is 15.0 Å². The van der Waals surface area contributed by atoms with Gasteiger partial charge in [0.15, 0.2) is 5.96 Å². The second-order valence-electron chi connectivity index (χ2n) is 7.24. The third kappa shape index (κ3) is 7.40. The number of furan rings is 1. The molecule has 1 aliphatic rings. The maximum Gasteiger partial charge on any atom is 0.213 e. The first-order valence-corrected chi connectivity index (χ1v) is 11.6. The minimum Gasteiger partial charge on any atom is -0.459 e. The summed E-state index contributed by atoms with van der Waals surface area (Å²) in [6.45, 7) is 1.83. The average molecular weight is 550 g/mol. The van der Waals surface area contributed by atoms with E-state index in [1.54, 1.807) is 7.05 Å². The molecule has 1 aromatic carbocycles. The predicted molar refractivity (Wildman–Crippen MR) is 130 cm³/mol. The standard InChI is InChI=1S/C20H30N4O4S.HI/c1-21-20(24(2)15-18-13-16-7-3-4-9-19(16)28-18)22-10-12-29(25,26)23-14-17-8-5-6-11-27-17;/h3-4,7,9,13,17,23H,5-6,8,10-12,14-15H2,1-2H3,(H,21,22);1H. The van der Waals surface area contributed by atoms with Gasteiger partial charge in [-0.2, -0.15) is 0 Å². The number of para-hydroxylation sites is 1. The van der Waals surface area contributed by atoms with E-state index >= 15 is 0 Å². The maximum absolute atomic E-state index is 12.2. The molecule has 30 heavy (non-hydrogen) atoms. The zero-order chi connectivity index (χ0) is 20.7. The lowest BCUT2D eigenvalue weighted by atomic mass is 10.1. The van der Waals surface area contributed by atoms with E-state index in [1.165, 1.54) is 0 Å². The van der Waals surface area contributed by atoms with Gasteiger partial charge in [0.05, 0.1) is 18.4 Å². The summed E-state index contributed by atoms with van der Waals surface area (Å²) in [7, 11) is 0.185. The number of ether oxygens (including phenoxy) is 1. The minimum atomic E-state index is -3.37. The molecule has 3 rings (SSSR count). The first-order chi connectivity index (χ1) is 14.0. The number of benzene rings is 1. The van der Waals surface area contributed by atoms with Crippen LogP contribution in [0.5, 0.6) is 0 Å². The Morgan fingerprint density at radius 2 is 2.10 bits per heavy atom. The molecule has 10 heteroatoms. The van der Waals surface area contributed by atoms with E-state index in [9.17, 15) is 8.42 Å². The first kappa shape index (κ1) is 24.9. The quantitative estimate of drug-likeness (QED) is 0.298. The molecule has 1 saturated heterocycles. The van der Waals surface area contributed by atoms with Crippen molar-refractivity contribution in [2.75, 3.05) is 39.5 Å². The van der Waals surface area contributed by atoms with Crippen LogP contribution >= 0.6 is 24.0 Å². The number of hydrogen-bond acceptors (Lipinski definition) is 5. The predicted octanol–water partition coefficient (Wildman–Crippen LogP) is 2.55. The lowest BCUT2D eigenvalue weighted by Crippen LogP contribution is -2.43. The Bertz CT molecular complexity index is 893. The molecule has 8 nitrogen and oxygen atoms in total. The van der Waals surface area contributed by atoms with E-state index in [4.69, 9.17) is 9.15 Å². The maximum atomic E-state index is 12.2. The molecule has 2 aromatic rings. The zero-order valence-corrected chi connectivity index (χ0v) is 20.6. The van der Waals surface area contributed by atoms with Gasteiger partial charge >= 0.3 is 0 Å². The molecule has 0 radical (unpaired) electrons. The van der Waals surface area contributed by atoms with Crippen molar-refractivity contribution < 1.29 is 17.6 Å². The van der Waals surface area contributed by atoms with Crippen molar-refractivity contribution in [3.05, 3.63) is 36.1 Å². The third-order valence-corrected chi connectivity index (χ3v) is 6.25. The lowest BCUT2D eigenvalue weighted by Gasteiger charge is -2.23. The van der Waals surface area contributed by atoms with Crippen LogP contribution in [0.1, 0.15) is 25.0 Å². The van der Waals surface area contributed by atoms with Crippen LogP contribution in [-0.2, 0) is 21.3 Å². The molecule has 0 bridgehead atoms. The Kier molecular flexibility index (Phi) is 9.85. The summed E-state index contributed by atoms with van der Waals surface area (Å²) in [4.78, 5) is 6.13. The zero-order valence-electron chi connectivity index (χ0n) is 17.5. The number of fused-ring (bicyclic) bond motifs is 1. The molecule has 1 unspecified atom stereocenters. The smallest absolute Gasteiger partial charge is 0.213 e. The highest BCUT2D eigenvalue weighted by atomic mass is 127. The van der Waals surface area contributed by atoms with Crippen LogP contribution in [0.3, 0.4) is 0 Å². The number of sulfonamides is 1. The number of halogens is 1. The van der Waals surface area contributed by atoms with Gasteiger partial charge in [-0.3, -0.25) is 4.99 Å². The molecule has 168 valence electrons. The molecular formula is C20H31IN4O4S. The van der Waals surface area contributed by atoms with E-state index in [0.717, 1.165) is 36.0 Å². The highest BCUT2D eigenvalue weighted by molar-refractivity contribution is 14.0. The van der Waals surface area contributed by atoms with Crippen molar-refractivity contribution in [3.63, 3.8) is 0 Å². The van der Waals surface area contributed by atoms with Gasteiger partial charge in [0.25, 0.3) is 0 Å². The fourth-order valence-corrected chi connectivity index (χ4v) is 4.32. The van der Waals surface area contributed by atoms with Crippen molar-refractivity contribution in [1.82, 2.24) is 14.9 Å². The van der Waals surface area contributed by atoms with E-state index in [-0.39, 0.29) is 42.4 Å². The SMILES string of the molecule is CN=C(NCCS(=O)(=O)NCC1CCCCO1)N(C)Cc1cc2ccccc2o1.I. The van der Waals surface area contributed by atoms with E-state index in [1.807, 2.05) is 42.3 Å². The summed E-state index contributed by atoms with van der Waals surface area (Å²) in [6.07, 6.45) is 3.02. The Morgan fingerprint density at radius 1 is 1.30 bits per heavy atom. The highest BCUT2D eigenvalue weighted by Gasteiger charge is 2.18. The number of nitrogens with zero attached hydrogens (tertiary/aromatic N) is 2. The molecule has 1 aliphatic heterocycles. The van der Waals surface area contributed by atoms with Crippen molar-refractivity contribution in [2.24, 2.45) is 4.99 Å². The number of rotatable bonds is 8. The largest absolute Gasteiger partial charge is 0.459 e. The second kappa shape index (κ2) is 11.9. The fourth-order valence-electron chi connectivity index (χ4n) is 3.37. The Hall–Kier alpha value is -1.37. The Morgan fingerprint density at radius 3 is 2.80 bits per heavy atom. The van der Waals surface area contributed by atoms with Gasteiger partial charge in [0.2, 0.25) is 10.0 Å². The normalized spacial score (nSPS) is 17.5. The van der Waals surface area contributed by atoms with Crippen LogP contribution < -0.4 is 10.0 Å². The van der Waals surface area contributed by atoms with Gasteiger partial charge in [0.1, 0.15) is 11.3 Å². The molecule has 2 heterocycles. The molecule has 0 amide bonds. The van der Waals surface area contributed by atoms with Crippen LogP contribution in [0.2, 0.25) is 0 Å². The molecular weight excluding hydrogens is 519 g/mol. The van der Waals surface area contributed by atoms with Crippen molar-refractivity contribution in [3.8, 4) is 0 Å². The van der Waals surface area contributed by atoms with Gasteiger partial charge in [-0.25, -0.2) is 13.1 Å². The van der Waals surface area contributed by atoms with Crippen LogP contribution in [0.4, 0.5) is 0 Å². The van der Waals surface area contributed by atoms with E-state index < -0.39 is 10.0 Å². The number of nitrogens with one attached hydrogen (secondary N) is 2. The number of hydrogen-bond donors (Lipinski definition) is 2. The van der Waals surface area contributed by atoms with Crippen LogP contribution in [0.25, 0.3) is 11.0 Å². The number of guanidine groups is 1. The molecule has 0 spiro atoms. The Labute approximate surface area is 195 Å². The molecule has 0 aliphatic carbocycles. The summed E-state index contributed by atoms with van der Waals surface area (Å²) in [5, 5.41) is 4.15. The minimum absolute atomic E-state index is 0. The van der Waals surface area contributed by atoms with Gasteiger partial charge < -0.3 is 19.4 Å². The monoisotopic (exact) mass is 550 g/mol. The summed E-state index contributed by atoms with van der Waals surface area (Å²) >= 11 is 0. The average Bonchev–Trinajstić information content (AvgIpc) is 3.12. The molecule has 1 atom stereocenters. The van der Waals surface area contributed by atoms with Crippen molar-refractivity contribution >= 4 is 50.9 Å². The topological polar surface area (TPSA) is 96.2 Å². The van der Waals surface area contributed by atoms with Crippen molar-refractivity contribution in [1.29, 1.82) is 0 Å². The number of aliphatic imine (C=N–C) groups is 1. The van der Waals surface area contributed by atoms with E-state index in [0.29, 0.717) is 25.7 Å². The van der Waals surface area contributed by atoms with Gasteiger partial charge in [0, 0.05) is 39.2 Å². The van der Waals surface area contributed by atoms with Gasteiger partial charge in [-0.15, -0.1) is 24.0 Å². The fraction of sp³-hybridized carbons (Fsp3) is 0.550. The Balaban J connectivity index is 0.00000320. The molecule has 2 N–H and O–H groups in total. The third-order valence-electron chi connectivity index (χ3n) is 4.90. The summed E-state index contributed by atoms with van der Waals surface area (Å²) in [5.74, 6) is 1.40. The van der Waals surface area contributed by atoms with Crippen LogP contribution in [-0.4, -0.2) is 64.9 Å². The van der Waals surface area contributed by atoms with Gasteiger partial charge in [-0.05, 0) is 31.4 Å². The second-order valence-corrected chi connectivity index (χ2v) is 9.16. The molecule has 0 saturated carbocycles. The summed E-state index contributed by atoms with van der Waals surface area (Å²) < 4.78 is 38.5. The van der Waals surface area contributed by atoms with Crippen LogP contribution in [0, 0.1) is 0 Å². The van der Waals surface area contributed by atoms with Gasteiger partial charge in [-0.1, -0.05) is 18.2 Å². The van der Waals surface area contributed by atoms with Crippen LogP contribution in [0.15, 0.2) is 39.7 Å². The molecule has 1 fully saturated rings. The summed E-state index contributed by atoms with van der Waals surface area (Å²) in [6, 6.07) is 9.85. The first-order valence-electron chi connectivity index (χ1n) is 9.95. The highest BCUT2D eigenvalue weighted by Crippen LogP contribution is 2.19. The van der Waals surface area contributed by atoms with Crippen molar-refractivity contribution in [2.45, 2.75) is 31.9 Å². The molecule has 1 aromatic heterocycles. The summed E-state index contributed by atoms with van der Waals surface area (Å²) in [5.41, 5.74) is 0.845.